The summed E-state index contributed by atoms with van der Waals surface area (Å²) in [6.45, 7) is 9.62. The highest BCUT2D eigenvalue weighted by atomic mass is 15.3. The summed E-state index contributed by atoms with van der Waals surface area (Å²) in [6.07, 6.45) is 7.03. The molecule has 0 bridgehead atoms. The van der Waals surface area contributed by atoms with E-state index in [1.807, 2.05) is 19.6 Å². The second kappa shape index (κ2) is 8.39. The van der Waals surface area contributed by atoms with E-state index >= 15 is 0 Å². The molecule has 1 fully saturated rings. The van der Waals surface area contributed by atoms with Crippen LogP contribution in [0.5, 0.6) is 0 Å². The average molecular weight is 354 g/mol. The van der Waals surface area contributed by atoms with Crippen molar-refractivity contribution in [1.29, 1.82) is 0 Å². The number of aliphatic imine (C=N–C) groups is 1. The van der Waals surface area contributed by atoms with Gasteiger partial charge in [0.25, 0.3) is 0 Å². The third-order valence-electron chi connectivity index (χ3n) is 5.55. The van der Waals surface area contributed by atoms with Gasteiger partial charge in [-0.15, -0.1) is 0 Å². The zero-order chi connectivity index (χ0) is 18.5. The summed E-state index contributed by atoms with van der Waals surface area (Å²) in [5.74, 6) is 2.09. The lowest BCUT2D eigenvalue weighted by Crippen LogP contribution is -2.49. The summed E-state index contributed by atoms with van der Waals surface area (Å²) in [4.78, 5) is 11.1. The molecule has 3 atom stereocenters. The van der Waals surface area contributed by atoms with Crippen molar-refractivity contribution < 1.29 is 0 Å². The zero-order valence-corrected chi connectivity index (χ0v) is 16.4. The summed E-state index contributed by atoms with van der Waals surface area (Å²) in [6, 6.07) is 9.26. The Morgan fingerprint density at radius 3 is 2.77 bits per heavy atom. The molecular formula is C21H31N5. The number of nitrogens with one attached hydrogen (secondary N) is 1. The first-order chi connectivity index (χ1) is 12.6. The predicted molar refractivity (Wildman–Crippen MR) is 108 cm³/mol. The molecule has 5 heteroatoms. The molecule has 2 aromatic rings. The maximum atomic E-state index is 4.54. The van der Waals surface area contributed by atoms with Crippen LogP contribution < -0.4 is 5.32 Å². The molecule has 0 spiro atoms. The molecule has 0 radical (unpaired) electrons. The highest BCUT2D eigenvalue weighted by Gasteiger charge is 2.28. The molecule has 3 unspecified atom stereocenters. The van der Waals surface area contributed by atoms with Gasteiger partial charge in [-0.3, -0.25) is 4.99 Å². The number of hydrogen-bond acceptors (Lipinski definition) is 2. The number of imidazole rings is 1. The summed E-state index contributed by atoms with van der Waals surface area (Å²) in [5.41, 5.74) is 2.67. The molecule has 3 rings (SSSR count). The Balaban J connectivity index is 1.60. The molecule has 0 amide bonds. The number of hydrogen-bond donors (Lipinski definition) is 1. The van der Waals surface area contributed by atoms with E-state index in [1.54, 1.807) is 0 Å². The van der Waals surface area contributed by atoms with Gasteiger partial charge in [0.15, 0.2) is 5.96 Å². The van der Waals surface area contributed by atoms with Crippen LogP contribution in [-0.2, 0) is 0 Å². The minimum atomic E-state index is 0.444. The molecule has 0 aliphatic carbocycles. The number of benzene rings is 1. The highest BCUT2D eigenvalue weighted by Crippen LogP contribution is 2.27. The van der Waals surface area contributed by atoms with Gasteiger partial charge in [0, 0.05) is 39.1 Å². The van der Waals surface area contributed by atoms with Crippen LogP contribution in [0.15, 0.2) is 48.0 Å². The summed E-state index contributed by atoms with van der Waals surface area (Å²) in [5, 5.41) is 3.58. The molecule has 1 aromatic carbocycles. The quantitative estimate of drug-likeness (QED) is 0.676. The first-order valence-electron chi connectivity index (χ1n) is 9.58. The summed E-state index contributed by atoms with van der Waals surface area (Å²) in [7, 11) is 1.88. The lowest BCUT2D eigenvalue weighted by molar-refractivity contribution is 0.189. The molecule has 0 saturated carbocycles. The third kappa shape index (κ3) is 4.26. The molecule has 1 aromatic heterocycles. The van der Waals surface area contributed by atoms with E-state index in [1.165, 1.54) is 11.1 Å². The maximum absolute atomic E-state index is 4.54. The normalized spacial score (nSPS) is 22.3. The van der Waals surface area contributed by atoms with Gasteiger partial charge in [0.05, 0.1) is 12.4 Å². The van der Waals surface area contributed by atoms with Gasteiger partial charge in [-0.2, -0.15) is 0 Å². The van der Waals surface area contributed by atoms with E-state index in [-0.39, 0.29) is 0 Å². The number of piperidine rings is 1. The average Bonchev–Trinajstić information content (AvgIpc) is 3.18. The Hall–Kier alpha value is -2.30. The van der Waals surface area contributed by atoms with Crippen LogP contribution >= 0.6 is 0 Å². The zero-order valence-electron chi connectivity index (χ0n) is 16.4. The monoisotopic (exact) mass is 353 g/mol. The fourth-order valence-electron chi connectivity index (χ4n) is 3.68. The van der Waals surface area contributed by atoms with Crippen molar-refractivity contribution in [2.45, 2.75) is 39.2 Å². The molecule has 2 heterocycles. The Morgan fingerprint density at radius 2 is 2.12 bits per heavy atom. The fourth-order valence-corrected chi connectivity index (χ4v) is 3.68. The van der Waals surface area contributed by atoms with E-state index in [0.29, 0.717) is 17.9 Å². The number of rotatable bonds is 4. The molecule has 5 nitrogen and oxygen atoms in total. The van der Waals surface area contributed by atoms with Gasteiger partial charge in [-0.05, 0) is 30.7 Å². The molecule has 1 aliphatic rings. The third-order valence-corrected chi connectivity index (χ3v) is 5.55. The number of likely N-dealkylation sites (tertiary alicyclic amines) is 1. The van der Waals surface area contributed by atoms with Crippen LogP contribution in [0.4, 0.5) is 0 Å². The molecule has 1 saturated heterocycles. The van der Waals surface area contributed by atoms with E-state index in [2.05, 4.69) is 76.0 Å². The predicted octanol–water partition coefficient (Wildman–Crippen LogP) is 3.45. The van der Waals surface area contributed by atoms with Crippen LogP contribution in [0.25, 0.3) is 0 Å². The smallest absolute Gasteiger partial charge is 0.193 e. The van der Waals surface area contributed by atoms with Crippen LogP contribution in [0.2, 0.25) is 0 Å². The van der Waals surface area contributed by atoms with Gasteiger partial charge >= 0.3 is 0 Å². The van der Waals surface area contributed by atoms with Crippen molar-refractivity contribution in [2.75, 3.05) is 26.7 Å². The molecule has 26 heavy (non-hydrogen) atoms. The number of nitrogens with zero attached hydrogens (tertiary/aromatic N) is 4. The Kier molecular flexibility index (Phi) is 5.96. The number of aromatic nitrogens is 2. The number of guanidine groups is 1. The molecule has 140 valence electrons. The second-order valence-corrected chi connectivity index (χ2v) is 7.53. The molecule has 1 aliphatic heterocycles. The van der Waals surface area contributed by atoms with Crippen molar-refractivity contribution in [2.24, 2.45) is 10.9 Å². The molecular weight excluding hydrogens is 322 g/mol. The topological polar surface area (TPSA) is 45.5 Å². The summed E-state index contributed by atoms with van der Waals surface area (Å²) < 4.78 is 2.24. The van der Waals surface area contributed by atoms with Crippen LogP contribution in [-0.4, -0.2) is 47.1 Å². The van der Waals surface area contributed by atoms with Crippen LogP contribution in [0, 0.1) is 12.8 Å². The van der Waals surface area contributed by atoms with Crippen LogP contribution in [0.1, 0.15) is 43.4 Å². The Morgan fingerprint density at radius 1 is 1.35 bits per heavy atom. The minimum absolute atomic E-state index is 0.444. The molecule has 1 N–H and O–H groups in total. The Bertz CT molecular complexity index is 705. The van der Waals surface area contributed by atoms with Gasteiger partial charge in [-0.25, -0.2) is 4.98 Å². The minimum Gasteiger partial charge on any atom is -0.356 e. The second-order valence-electron chi connectivity index (χ2n) is 7.53. The Labute approximate surface area is 157 Å². The van der Waals surface area contributed by atoms with E-state index in [4.69, 9.17) is 0 Å². The first kappa shape index (κ1) is 18.5. The van der Waals surface area contributed by atoms with Crippen molar-refractivity contribution in [3.63, 3.8) is 0 Å². The van der Waals surface area contributed by atoms with Crippen molar-refractivity contribution in [3.05, 3.63) is 54.1 Å². The van der Waals surface area contributed by atoms with E-state index in [9.17, 15) is 0 Å². The standard InChI is InChI=1S/C21H31N5/c1-16-5-7-19(8-6-16)18(3)13-24-21(22-4)25-11-9-17(2)20(14-25)26-12-10-23-15-26/h5-8,10,12,15,17-18,20H,9,11,13-14H2,1-4H3,(H,22,24). The van der Waals surface area contributed by atoms with Crippen molar-refractivity contribution >= 4 is 5.96 Å². The largest absolute Gasteiger partial charge is 0.356 e. The van der Waals surface area contributed by atoms with Crippen molar-refractivity contribution in [1.82, 2.24) is 19.8 Å². The lowest BCUT2D eigenvalue weighted by atomic mass is 9.93. The van der Waals surface area contributed by atoms with Crippen molar-refractivity contribution in [3.8, 4) is 0 Å². The van der Waals surface area contributed by atoms with Gasteiger partial charge in [0.1, 0.15) is 0 Å². The van der Waals surface area contributed by atoms with Gasteiger partial charge in [-0.1, -0.05) is 43.7 Å². The number of aryl methyl sites for hydroxylation is 1. The van der Waals surface area contributed by atoms with Gasteiger partial charge < -0.3 is 14.8 Å². The SMILES string of the molecule is CN=C(NCC(C)c1ccc(C)cc1)N1CCC(C)C(n2ccnc2)C1. The van der Waals surface area contributed by atoms with E-state index in [0.717, 1.165) is 32.0 Å². The summed E-state index contributed by atoms with van der Waals surface area (Å²) >= 11 is 0. The highest BCUT2D eigenvalue weighted by molar-refractivity contribution is 5.80. The maximum Gasteiger partial charge on any atom is 0.193 e. The lowest BCUT2D eigenvalue weighted by Gasteiger charge is -2.39. The fraction of sp³-hybridized carbons (Fsp3) is 0.524. The van der Waals surface area contributed by atoms with E-state index < -0.39 is 0 Å². The van der Waals surface area contributed by atoms with Gasteiger partial charge in [0.2, 0.25) is 0 Å². The first-order valence-corrected chi connectivity index (χ1v) is 9.58. The van der Waals surface area contributed by atoms with Crippen LogP contribution in [0.3, 0.4) is 0 Å².